The minimum atomic E-state index is -3.65. The quantitative estimate of drug-likeness (QED) is 0.888. The maximum Gasteiger partial charge on any atom is 0.241 e. The summed E-state index contributed by atoms with van der Waals surface area (Å²) < 4.78 is 27.7. The lowest BCUT2D eigenvalue weighted by molar-refractivity contribution is 0.259. The third-order valence-electron chi connectivity index (χ3n) is 4.06. The predicted octanol–water partition coefficient (Wildman–Crippen LogP) is 2.19. The van der Waals surface area contributed by atoms with Crippen molar-refractivity contribution in [3.8, 4) is 0 Å². The maximum absolute atomic E-state index is 12.6. The average Bonchev–Trinajstić information content (AvgIpc) is 3.01. The highest BCUT2D eigenvalue weighted by Crippen LogP contribution is 2.25. The molecule has 1 aliphatic rings. The van der Waals surface area contributed by atoms with E-state index in [0.29, 0.717) is 0 Å². The molecule has 0 fully saturated rings. The van der Waals surface area contributed by atoms with Crippen LogP contribution in [0.25, 0.3) is 0 Å². The second-order valence-corrected chi connectivity index (χ2v) is 7.27. The van der Waals surface area contributed by atoms with E-state index in [-0.39, 0.29) is 11.5 Å². The van der Waals surface area contributed by atoms with Crippen LogP contribution in [-0.2, 0) is 22.9 Å². The molecular weight excluding hydrogens is 298 g/mol. The smallest absolute Gasteiger partial charge is 0.241 e. The van der Waals surface area contributed by atoms with Gasteiger partial charge in [0.25, 0.3) is 0 Å². The molecule has 1 aliphatic carbocycles. The summed E-state index contributed by atoms with van der Waals surface area (Å²) in [5.74, 6) is 0. The second-order valence-electron chi connectivity index (χ2n) is 5.55. The number of sulfonamides is 1. The Labute approximate surface area is 130 Å². The zero-order valence-corrected chi connectivity index (χ0v) is 13.0. The molecule has 0 aromatic heterocycles. The van der Waals surface area contributed by atoms with Crippen LogP contribution in [0.3, 0.4) is 0 Å². The van der Waals surface area contributed by atoms with Gasteiger partial charge < -0.3 is 5.11 Å². The normalized spacial score (nSPS) is 15.5. The first-order valence-electron chi connectivity index (χ1n) is 7.40. The zero-order chi connectivity index (χ0) is 15.6. The van der Waals surface area contributed by atoms with Gasteiger partial charge in [-0.2, -0.15) is 0 Å². The molecule has 0 spiro atoms. The summed E-state index contributed by atoms with van der Waals surface area (Å²) in [6.45, 7) is -0.284. The van der Waals surface area contributed by atoms with Crippen LogP contribution in [0.15, 0.2) is 53.4 Å². The zero-order valence-electron chi connectivity index (χ0n) is 12.2. The molecule has 0 heterocycles. The van der Waals surface area contributed by atoms with Crippen molar-refractivity contribution in [2.75, 3.05) is 6.61 Å². The predicted molar refractivity (Wildman–Crippen MR) is 85.1 cm³/mol. The Morgan fingerprint density at radius 2 is 1.77 bits per heavy atom. The summed E-state index contributed by atoms with van der Waals surface area (Å²) in [7, 11) is -3.65. The Bertz CT molecular complexity index is 757. The fourth-order valence-corrected chi connectivity index (χ4v) is 4.13. The lowest BCUT2D eigenvalue weighted by Gasteiger charge is -2.17. The summed E-state index contributed by atoms with van der Waals surface area (Å²) in [6, 6.07) is 13.7. The van der Waals surface area contributed by atoms with Gasteiger partial charge in [0.1, 0.15) is 0 Å². The third-order valence-corrected chi connectivity index (χ3v) is 5.53. The fraction of sp³-hybridized carbons (Fsp3) is 0.294. The number of aliphatic hydroxyl groups is 1. The highest BCUT2D eigenvalue weighted by Gasteiger charge is 2.22. The first-order valence-corrected chi connectivity index (χ1v) is 8.88. The standard InChI is InChI=1S/C17H19NO3S/c19-12-17(14-5-2-1-3-6-14)18-22(20,21)16-10-9-13-7-4-8-15(13)11-16/h1-3,5-6,9-11,17-19H,4,7-8,12H2. The molecule has 22 heavy (non-hydrogen) atoms. The van der Waals surface area contributed by atoms with Crippen molar-refractivity contribution < 1.29 is 13.5 Å². The molecule has 2 aromatic rings. The van der Waals surface area contributed by atoms with Gasteiger partial charge in [-0.05, 0) is 48.1 Å². The van der Waals surface area contributed by atoms with E-state index in [0.717, 1.165) is 30.4 Å². The number of hydrogen-bond donors (Lipinski definition) is 2. The van der Waals surface area contributed by atoms with Crippen molar-refractivity contribution in [3.05, 3.63) is 65.2 Å². The van der Waals surface area contributed by atoms with E-state index in [2.05, 4.69) is 4.72 Å². The number of benzene rings is 2. The van der Waals surface area contributed by atoms with Gasteiger partial charge in [0.2, 0.25) is 10.0 Å². The number of rotatable bonds is 5. The molecule has 1 unspecified atom stereocenters. The molecule has 2 aromatic carbocycles. The molecule has 5 heteroatoms. The first-order chi connectivity index (χ1) is 10.6. The van der Waals surface area contributed by atoms with Crippen LogP contribution in [-0.4, -0.2) is 20.1 Å². The summed E-state index contributed by atoms with van der Waals surface area (Å²) >= 11 is 0. The number of nitrogens with one attached hydrogen (secondary N) is 1. The van der Waals surface area contributed by atoms with Gasteiger partial charge in [0.15, 0.2) is 0 Å². The highest BCUT2D eigenvalue weighted by molar-refractivity contribution is 7.89. The van der Waals surface area contributed by atoms with Gasteiger partial charge in [-0.15, -0.1) is 0 Å². The third kappa shape index (κ3) is 3.06. The number of hydrogen-bond acceptors (Lipinski definition) is 3. The largest absolute Gasteiger partial charge is 0.394 e. The van der Waals surface area contributed by atoms with Crippen molar-refractivity contribution >= 4 is 10.0 Å². The van der Waals surface area contributed by atoms with Gasteiger partial charge in [-0.3, -0.25) is 0 Å². The van der Waals surface area contributed by atoms with Gasteiger partial charge in [-0.1, -0.05) is 36.4 Å². The summed E-state index contributed by atoms with van der Waals surface area (Å²) in [4.78, 5) is 0.266. The van der Waals surface area contributed by atoms with E-state index in [1.807, 2.05) is 24.3 Å². The average molecular weight is 317 g/mol. The van der Waals surface area contributed by atoms with E-state index >= 15 is 0 Å². The van der Waals surface area contributed by atoms with Crippen LogP contribution in [0.1, 0.15) is 29.2 Å². The molecule has 0 bridgehead atoms. The maximum atomic E-state index is 12.6. The Morgan fingerprint density at radius 3 is 2.50 bits per heavy atom. The van der Waals surface area contributed by atoms with Gasteiger partial charge in [0, 0.05) is 0 Å². The Kier molecular flexibility index (Phi) is 4.29. The number of fused-ring (bicyclic) bond motifs is 1. The molecule has 0 saturated heterocycles. The summed E-state index contributed by atoms with van der Waals surface area (Å²) in [5.41, 5.74) is 3.10. The molecular formula is C17H19NO3S. The molecule has 2 N–H and O–H groups in total. The van der Waals surface area contributed by atoms with Crippen molar-refractivity contribution in [1.82, 2.24) is 4.72 Å². The molecule has 0 aliphatic heterocycles. The molecule has 3 rings (SSSR count). The Morgan fingerprint density at radius 1 is 1.05 bits per heavy atom. The van der Waals surface area contributed by atoms with Crippen LogP contribution in [0.4, 0.5) is 0 Å². The van der Waals surface area contributed by atoms with Gasteiger partial charge in [0.05, 0.1) is 17.5 Å². The summed E-state index contributed by atoms with van der Waals surface area (Å²) in [5, 5.41) is 9.52. The van der Waals surface area contributed by atoms with Crippen LogP contribution < -0.4 is 4.72 Å². The van der Waals surface area contributed by atoms with Crippen LogP contribution in [0.5, 0.6) is 0 Å². The van der Waals surface area contributed by atoms with Crippen LogP contribution in [0, 0.1) is 0 Å². The lowest BCUT2D eigenvalue weighted by atomic mass is 10.1. The van der Waals surface area contributed by atoms with E-state index in [1.165, 1.54) is 5.56 Å². The molecule has 116 valence electrons. The highest BCUT2D eigenvalue weighted by atomic mass is 32.2. The minimum absolute atomic E-state index is 0.266. The summed E-state index contributed by atoms with van der Waals surface area (Å²) in [6.07, 6.45) is 3.03. The lowest BCUT2D eigenvalue weighted by Crippen LogP contribution is -2.31. The topological polar surface area (TPSA) is 66.4 Å². The number of aliphatic hydroxyl groups excluding tert-OH is 1. The molecule has 1 atom stereocenters. The van der Waals surface area contributed by atoms with Gasteiger partial charge in [-0.25, -0.2) is 13.1 Å². The monoisotopic (exact) mass is 317 g/mol. The Balaban J connectivity index is 1.86. The molecule has 4 nitrogen and oxygen atoms in total. The van der Waals surface area contributed by atoms with E-state index in [1.54, 1.807) is 24.3 Å². The molecule has 0 radical (unpaired) electrons. The number of aryl methyl sites for hydroxylation is 2. The van der Waals surface area contributed by atoms with Crippen LogP contribution in [0.2, 0.25) is 0 Å². The van der Waals surface area contributed by atoms with Crippen molar-refractivity contribution in [3.63, 3.8) is 0 Å². The van der Waals surface area contributed by atoms with E-state index in [4.69, 9.17) is 0 Å². The Hall–Kier alpha value is -1.69. The van der Waals surface area contributed by atoms with E-state index in [9.17, 15) is 13.5 Å². The van der Waals surface area contributed by atoms with E-state index < -0.39 is 16.1 Å². The molecule has 0 amide bonds. The van der Waals surface area contributed by atoms with Crippen LogP contribution >= 0.6 is 0 Å². The first kappa shape index (κ1) is 15.2. The van der Waals surface area contributed by atoms with Crippen molar-refractivity contribution in [1.29, 1.82) is 0 Å². The fourth-order valence-electron chi connectivity index (χ4n) is 2.87. The SMILES string of the molecule is O=S(=O)(NC(CO)c1ccccc1)c1ccc2c(c1)CCC2. The van der Waals surface area contributed by atoms with Crippen molar-refractivity contribution in [2.45, 2.75) is 30.2 Å². The van der Waals surface area contributed by atoms with Crippen molar-refractivity contribution in [2.24, 2.45) is 0 Å². The minimum Gasteiger partial charge on any atom is -0.394 e. The van der Waals surface area contributed by atoms with Gasteiger partial charge >= 0.3 is 0 Å². The second kappa shape index (κ2) is 6.20. The molecule has 0 saturated carbocycles.